The summed E-state index contributed by atoms with van der Waals surface area (Å²) in [6.07, 6.45) is 2.03. The summed E-state index contributed by atoms with van der Waals surface area (Å²) in [7, 11) is 5.40. The van der Waals surface area contributed by atoms with E-state index in [0.717, 1.165) is 40.8 Å². The number of likely N-dealkylation sites (tertiary alicyclic amines) is 1. The number of carbonyl (C=O) groups excluding carboxylic acids is 3. The minimum absolute atomic E-state index is 0.0294. The van der Waals surface area contributed by atoms with Crippen LogP contribution in [0.5, 0.6) is 0 Å². The van der Waals surface area contributed by atoms with E-state index >= 15 is 0 Å². The fourth-order valence-corrected chi connectivity index (χ4v) is 5.40. The van der Waals surface area contributed by atoms with Gasteiger partial charge in [-0.15, -0.1) is 0 Å². The number of para-hydroxylation sites is 1. The van der Waals surface area contributed by atoms with Crippen molar-refractivity contribution in [3.8, 4) is 0 Å². The van der Waals surface area contributed by atoms with E-state index in [1.165, 1.54) is 0 Å². The lowest BCUT2D eigenvalue weighted by atomic mass is 9.85. The Morgan fingerprint density at radius 2 is 1.59 bits per heavy atom. The molecular formula is C25H28N4O3. The lowest BCUT2D eigenvalue weighted by molar-refractivity contribution is -0.134. The van der Waals surface area contributed by atoms with Gasteiger partial charge in [-0.2, -0.15) is 0 Å². The summed E-state index contributed by atoms with van der Waals surface area (Å²) < 4.78 is 0. The van der Waals surface area contributed by atoms with Gasteiger partial charge >= 0.3 is 6.03 Å². The fraction of sp³-hybridized carbons (Fsp3) is 0.400. The minimum Gasteiger partial charge on any atom is -0.339 e. The average Bonchev–Trinajstić information content (AvgIpc) is 2.78. The Balaban J connectivity index is 1.66. The summed E-state index contributed by atoms with van der Waals surface area (Å²) in [5.41, 5.74) is 4.82. The van der Waals surface area contributed by atoms with Crippen LogP contribution in [0.15, 0.2) is 42.5 Å². The van der Waals surface area contributed by atoms with Crippen LogP contribution in [0, 0.1) is 0 Å². The lowest BCUT2D eigenvalue weighted by Gasteiger charge is -2.46. The first-order valence-electron chi connectivity index (χ1n) is 11.1. The van der Waals surface area contributed by atoms with E-state index in [1.54, 1.807) is 28.8 Å². The Kier molecular flexibility index (Phi) is 4.92. The molecule has 0 bridgehead atoms. The smallest absolute Gasteiger partial charge is 0.326 e. The van der Waals surface area contributed by atoms with Crippen LogP contribution in [-0.2, 0) is 22.6 Å². The molecule has 5 rings (SSSR count). The Labute approximate surface area is 188 Å². The topological polar surface area (TPSA) is 64.2 Å². The van der Waals surface area contributed by atoms with E-state index in [4.69, 9.17) is 0 Å². The van der Waals surface area contributed by atoms with E-state index < -0.39 is 6.17 Å². The van der Waals surface area contributed by atoms with Gasteiger partial charge in [0.2, 0.25) is 11.8 Å². The number of anilines is 1. The number of hydrogen-bond acceptors (Lipinski definition) is 3. The third-order valence-corrected chi connectivity index (χ3v) is 7.14. The van der Waals surface area contributed by atoms with Gasteiger partial charge in [0.05, 0.1) is 18.2 Å². The van der Waals surface area contributed by atoms with Crippen molar-refractivity contribution in [3.05, 3.63) is 64.7 Å². The van der Waals surface area contributed by atoms with Crippen molar-refractivity contribution in [2.75, 3.05) is 26.0 Å². The zero-order valence-corrected chi connectivity index (χ0v) is 18.7. The molecule has 0 spiro atoms. The maximum atomic E-state index is 13.4. The molecule has 3 aliphatic heterocycles. The Morgan fingerprint density at radius 1 is 0.844 bits per heavy atom. The second-order valence-electron chi connectivity index (χ2n) is 9.02. The zero-order chi connectivity index (χ0) is 22.6. The second kappa shape index (κ2) is 7.65. The van der Waals surface area contributed by atoms with Gasteiger partial charge in [0.25, 0.3) is 0 Å². The highest BCUT2D eigenvalue weighted by Crippen LogP contribution is 2.43. The average molecular weight is 433 g/mol. The first-order chi connectivity index (χ1) is 15.4. The standard InChI is InChI=1S/C25H28N4O3/c1-26-15-16-8-4-5-11-20(16)29(25(26)32)24-18-10-6-9-17(19(18)14-23(31)28(24)3)21-12-7-13-22(30)27(21)2/h4-6,8-11,21,24H,7,12-15H2,1-3H3. The van der Waals surface area contributed by atoms with Gasteiger partial charge < -0.3 is 14.7 Å². The summed E-state index contributed by atoms with van der Waals surface area (Å²) in [6, 6.07) is 13.7. The minimum atomic E-state index is -0.535. The molecule has 2 aromatic rings. The second-order valence-corrected chi connectivity index (χ2v) is 9.02. The number of likely N-dealkylation sites (N-methyl/N-ethyl adjacent to an activating group) is 1. The molecule has 2 unspecified atom stereocenters. The monoisotopic (exact) mass is 432 g/mol. The van der Waals surface area contributed by atoms with E-state index in [2.05, 4.69) is 0 Å². The molecule has 0 N–H and O–H groups in total. The highest BCUT2D eigenvalue weighted by molar-refractivity contribution is 5.97. The van der Waals surface area contributed by atoms with Crippen molar-refractivity contribution >= 4 is 23.5 Å². The molecule has 2 aromatic carbocycles. The summed E-state index contributed by atoms with van der Waals surface area (Å²) in [4.78, 5) is 45.9. The Morgan fingerprint density at radius 3 is 2.41 bits per heavy atom. The summed E-state index contributed by atoms with van der Waals surface area (Å²) in [5.74, 6) is 0.106. The van der Waals surface area contributed by atoms with Gasteiger partial charge in [-0.1, -0.05) is 36.4 Å². The highest BCUT2D eigenvalue weighted by Gasteiger charge is 2.42. The maximum Gasteiger partial charge on any atom is 0.326 e. The number of amides is 4. The number of rotatable bonds is 2. The molecule has 0 aliphatic carbocycles. The molecular weight excluding hydrogens is 404 g/mol. The number of nitrogens with zero attached hydrogens (tertiary/aromatic N) is 4. The summed E-state index contributed by atoms with van der Waals surface area (Å²) in [5, 5.41) is 0. The molecule has 0 aromatic heterocycles. The predicted molar refractivity (Wildman–Crippen MR) is 121 cm³/mol. The van der Waals surface area contributed by atoms with Crippen LogP contribution in [0.2, 0.25) is 0 Å². The summed E-state index contributed by atoms with van der Waals surface area (Å²) >= 11 is 0. The van der Waals surface area contributed by atoms with Gasteiger partial charge in [0, 0.05) is 34.1 Å². The molecule has 1 fully saturated rings. The third-order valence-electron chi connectivity index (χ3n) is 7.14. The SMILES string of the molecule is CN1Cc2ccccc2N(C2c3cccc(C4CCCC(=O)N4C)c3CC(=O)N2C)C1=O. The van der Waals surface area contributed by atoms with Gasteiger partial charge in [0.15, 0.2) is 0 Å². The molecule has 0 radical (unpaired) electrons. The van der Waals surface area contributed by atoms with Crippen LogP contribution in [-0.4, -0.2) is 53.7 Å². The van der Waals surface area contributed by atoms with Crippen LogP contribution >= 0.6 is 0 Å². The quantitative estimate of drug-likeness (QED) is 0.730. The van der Waals surface area contributed by atoms with Gasteiger partial charge in [-0.3, -0.25) is 14.5 Å². The number of hydrogen-bond donors (Lipinski definition) is 0. The molecule has 3 aliphatic rings. The number of piperidine rings is 1. The molecule has 2 atom stereocenters. The highest BCUT2D eigenvalue weighted by atomic mass is 16.2. The largest absolute Gasteiger partial charge is 0.339 e. The van der Waals surface area contributed by atoms with Crippen LogP contribution in [0.1, 0.15) is 53.7 Å². The van der Waals surface area contributed by atoms with Crippen LogP contribution in [0.25, 0.3) is 0 Å². The van der Waals surface area contributed by atoms with Crippen molar-refractivity contribution in [2.24, 2.45) is 0 Å². The molecule has 7 nitrogen and oxygen atoms in total. The first-order valence-corrected chi connectivity index (χ1v) is 11.1. The number of fused-ring (bicyclic) bond motifs is 2. The Bertz CT molecular complexity index is 1110. The molecule has 32 heavy (non-hydrogen) atoms. The van der Waals surface area contributed by atoms with Crippen molar-refractivity contribution < 1.29 is 14.4 Å². The number of urea groups is 1. The molecule has 1 saturated heterocycles. The normalized spacial score (nSPS) is 23.4. The van der Waals surface area contributed by atoms with E-state index in [-0.39, 0.29) is 30.3 Å². The molecule has 4 amide bonds. The lowest BCUT2D eigenvalue weighted by Crippen LogP contribution is -2.54. The molecule has 7 heteroatoms. The van der Waals surface area contributed by atoms with Crippen molar-refractivity contribution in [2.45, 2.75) is 44.4 Å². The van der Waals surface area contributed by atoms with E-state index in [9.17, 15) is 14.4 Å². The molecule has 3 heterocycles. The van der Waals surface area contributed by atoms with E-state index in [0.29, 0.717) is 13.0 Å². The molecule has 0 saturated carbocycles. The fourth-order valence-electron chi connectivity index (χ4n) is 5.40. The number of benzene rings is 2. The Hall–Kier alpha value is -3.35. The van der Waals surface area contributed by atoms with Crippen molar-refractivity contribution in [1.29, 1.82) is 0 Å². The number of carbonyl (C=O) groups is 3. The van der Waals surface area contributed by atoms with Crippen molar-refractivity contribution in [3.63, 3.8) is 0 Å². The predicted octanol–water partition coefficient (Wildman–Crippen LogP) is 3.46. The van der Waals surface area contributed by atoms with E-state index in [1.807, 2.05) is 54.4 Å². The third kappa shape index (κ3) is 3.06. The summed E-state index contributed by atoms with van der Waals surface area (Å²) in [6.45, 7) is 0.539. The van der Waals surface area contributed by atoms with Gasteiger partial charge in [-0.25, -0.2) is 4.79 Å². The molecule has 166 valence electrons. The van der Waals surface area contributed by atoms with Gasteiger partial charge in [0.1, 0.15) is 6.17 Å². The first kappa shape index (κ1) is 20.5. The van der Waals surface area contributed by atoms with Crippen LogP contribution < -0.4 is 4.90 Å². The van der Waals surface area contributed by atoms with Crippen molar-refractivity contribution in [1.82, 2.24) is 14.7 Å². The van der Waals surface area contributed by atoms with Gasteiger partial charge in [-0.05, 0) is 41.2 Å². The van der Waals surface area contributed by atoms with Crippen LogP contribution in [0.3, 0.4) is 0 Å². The zero-order valence-electron chi connectivity index (χ0n) is 18.7. The maximum absolute atomic E-state index is 13.4. The van der Waals surface area contributed by atoms with Crippen LogP contribution in [0.4, 0.5) is 10.5 Å².